The van der Waals surface area contributed by atoms with Crippen molar-refractivity contribution in [1.29, 1.82) is 0 Å². The van der Waals surface area contributed by atoms with E-state index in [2.05, 4.69) is 41.5 Å². The van der Waals surface area contributed by atoms with Crippen molar-refractivity contribution in [2.24, 2.45) is 11.8 Å². The lowest BCUT2D eigenvalue weighted by Gasteiger charge is -2.21. The first-order chi connectivity index (χ1) is 46.9. The minimum absolute atomic E-state index is 0.107. The number of carbonyl (C=O) groups excluding carboxylic acids is 4. The van der Waals surface area contributed by atoms with Crippen molar-refractivity contribution in [2.45, 2.75) is 426 Å². The molecular formula is C78H152O17P2. The molecule has 0 rings (SSSR count). The van der Waals surface area contributed by atoms with Crippen LogP contribution in [0, 0.1) is 11.8 Å². The summed E-state index contributed by atoms with van der Waals surface area (Å²) in [6.07, 6.45) is 58.1. The first-order valence-electron chi connectivity index (χ1n) is 40.5. The molecule has 0 bridgehead atoms. The quantitative estimate of drug-likeness (QED) is 0.0222. The second kappa shape index (κ2) is 69.8. The lowest BCUT2D eigenvalue weighted by Crippen LogP contribution is -2.30. The largest absolute Gasteiger partial charge is 0.472 e. The number of aliphatic hydroxyl groups is 1. The van der Waals surface area contributed by atoms with E-state index in [4.69, 9.17) is 37.0 Å². The summed E-state index contributed by atoms with van der Waals surface area (Å²) in [5, 5.41) is 10.6. The molecule has 0 aromatic rings. The summed E-state index contributed by atoms with van der Waals surface area (Å²) >= 11 is 0. The van der Waals surface area contributed by atoms with Gasteiger partial charge >= 0.3 is 39.5 Å². The average molecular weight is 1420 g/mol. The molecule has 0 aliphatic heterocycles. The molecule has 3 unspecified atom stereocenters. The molecule has 0 amide bonds. The fourth-order valence-electron chi connectivity index (χ4n) is 12.0. The zero-order valence-electron chi connectivity index (χ0n) is 63.4. The first-order valence-corrected chi connectivity index (χ1v) is 43.5. The highest BCUT2D eigenvalue weighted by Crippen LogP contribution is 2.45. The first kappa shape index (κ1) is 95.1. The summed E-state index contributed by atoms with van der Waals surface area (Å²) in [5.74, 6) is -0.537. The van der Waals surface area contributed by atoms with Crippen molar-refractivity contribution < 1.29 is 80.2 Å². The number of hydrogen-bond acceptors (Lipinski definition) is 15. The van der Waals surface area contributed by atoms with Crippen LogP contribution >= 0.6 is 15.6 Å². The Morgan fingerprint density at radius 1 is 0.299 bits per heavy atom. The van der Waals surface area contributed by atoms with Gasteiger partial charge in [-0.1, -0.05) is 356 Å². The van der Waals surface area contributed by atoms with Crippen molar-refractivity contribution in [2.75, 3.05) is 39.6 Å². The van der Waals surface area contributed by atoms with Crippen LogP contribution in [0.15, 0.2) is 0 Å². The van der Waals surface area contributed by atoms with Crippen LogP contribution in [0.25, 0.3) is 0 Å². The van der Waals surface area contributed by atoms with Crippen molar-refractivity contribution in [3.05, 3.63) is 0 Å². The number of esters is 4. The molecule has 0 fully saturated rings. The van der Waals surface area contributed by atoms with Gasteiger partial charge in [0.2, 0.25) is 0 Å². The van der Waals surface area contributed by atoms with Crippen molar-refractivity contribution >= 4 is 39.5 Å². The minimum Gasteiger partial charge on any atom is -0.462 e. The molecule has 6 atom stereocenters. The van der Waals surface area contributed by atoms with Gasteiger partial charge in [-0.2, -0.15) is 0 Å². The van der Waals surface area contributed by atoms with Gasteiger partial charge in [-0.3, -0.25) is 37.3 Å². The van der Waals surface area contributed by atoms with Crippen LogP contribution in [0.1, 0.15) is 408 Å². The Morgan fingerprint density at radius 2 is 0.526 bits per heavy atom. The molecule has 0 aliphatic rings. The van der Waals surface area contributed by atoms with Gasteiger partial charge in [0, 0.05) is 25.7 Å². The van der Waals surface area contributed by atoms with E-state index in [1.807, 2.05) is 0 Å². The number of unbranched alkanes of at least 4 members (excludes halogenated alkanes) is 46. The normalized spacial score (nSPS) is 14.2. The Bertz CT molecular complexity index is 1870. The van der Waals surface area contributed by atoms with Gasteiger partial charge in [-0.05, 0) is 37.5 Å². The molecule has 0 saturated heterocycles. The minimum atomic E-state index is -4.96. The van der Waals surface area contributed by atoms with E-state index in [0.29, 0.717) is 25.7 Å². The maximum Gasteiger partial charge on any atom is 0.472 e. The molecule has 0 aromatic heterocycles. The van der Waals surface area contributed by atoms with Crippen LogP contribution < -0.4 is 0 Å². The summed E-state index contributed by atoms with van der Waals surface area (Å²) in [5.41, 5.74) is 0. The molecule has 19 heteroatoms. The van der Waals surface area contributed by atoms with Gasteiger partial charge in [-0.25, -0.2) is 9.13 Å². The van der Waals surface area contributed by atoms with E-state index >= 15 is 0 Å². The lowest BCUT2D eigenvalue weighted by atomic mass is 9.99. The molecule has 97 heavy (non-hydrogen) atoms. The Hall–Kier alpha value is -1.94. The maximum atomic E-state index is 13.1. The predicted molar refractivity (Wildman–Crippen MR) is 395 cm³/mol. The van der Waals surface area contributed by atoms with Crippen molar-refractivity contribution in [3.63, 3.8) is 0 Å². The standard InChI is InChI=1S/C78H152O17P2/c1-7-10-12-14-16-18-20-21-22-23-24-25-26-30-38-44-50-56-62-77(82)94-73(67-89-76(81)61-55-49-43-37-31-27-29-34-40-46-52-58-70(4)5)68-92-96(84,85)90-64-72(79)65-91-97(86,87)93-69-74(66-88-75(80)60-54-48-42-36-28-19-17-15-13-11-8-2)95-78(83)63-57-51-45-39-33-32-35-41-47-53-59-71(6)9-3/h70-74,79H,7-69H2,1-6H3,(H,84,85)(H,86,87)/t71?,72-,73-,74-/m1/s1. The molecule has 17 nitrogen and oxygen atoms in total. The molecular weight excluding hydrogens is 1270 g/mol. The van der Waals surface area contributed by atoms with Gasteiger partial charge in [0.05, 0.1) is 26.4 Å². The van der Waals surface area contributed by atoms with E-state index < -0.39 is 97.5 Å². The smallest absolute Gasteiger partial charge is 0.462 e. The van der Waals surface area contributed by atoms with Crippen molar-refractivity contribution in [1.82, 2.24) is 0 Å². The number of phosphoric acid groups is 2. The number of phosphoric ester groups is 2. The summed E-state index contributed by atoms with van der Waals surface area (Å²) in [6, 6.07) is 0. The topological polar surface area (TPSA) is 237 Å². The highest BCUT2D eigenvalue weighted by Gasteiger charge is 2.30. The van der Waals surface area contributed by atoms with Crippen LogP contribution in [-0.2, 0) is 65.4 Å². The Balaban J connectivity index is 5.26. The molecule has 0 saturated carbocycles. The number of carbonyl (C=O) groups is 4. The van der Waals surface area contributed by atoms with Crippen molar-refractivity contribution in [3.8, 4) is 0 Å². The number of ether oxygens (including phenoxy) is 4. The van der Waals surface area contributed by atoms with E-state index in [-0.39, 0.29) is 25.7 Å². The second-order valence-electron chi connectivity index (χ2n) is 28.8. The van der Waals surface area contributed by atoms with Crippen LogP contribution in [0.4, 0.5) is 0 Å². The molecule has 0 aliphatic carbocycles. The fraction of sp³-hybridized carbons (Fsp3) is 0.949. The van der Waals surface area contributed by atoms with Gasteiger partial charge in [0.25, 0.3) is 0 Å². The maximum absolute atomic E-state index is 13.1. The summed E-state index contributed by atoms with van der Waals surface area (Å²) in [4.78, 5) is 72.9. The van der Waals surface area contributed by atoms with Gasteiger partial charge in [-0.15, -0.1) is 0 Å². The third kappa shape index (κ3) is 70.9. The van der Waals surface area contributed by atoms with Gasteiger partial charge in [0.15, 0.2) is 12.2 Å². The molecule has 0 heterocycles. The van der Waals surface area contributed by atoms with E-state index in [0.717, 1.165) is 102 Å². The summed E-state index contributed by atoms with van der Waals surface area (Å²) < 4.78 is 68.6. The Labute approximate surface area is 594 Å². The molecule has 576 valence electrons. The highest BCUT2D eigenvalue weighted by atomic mass is 31.2. The molecule has 0 spiro atoms. The molecule has 0 aromatic carbocycles. The zero-order valence-corrected chi connectivity index (χ0v) is 65.2. The lowest BCUT2D eigenvalue weighted by molar-refractivity contribution is -0.161. The Morgan fingerprint density at radius 3 is 0.784 bits per heavy atom. The third-order valence-electron chi connectivity index (χ3n) is 18.6. The average Bonchev–Trinajstić information content (AvgIpc) is 2.11. The van der Waals surface area contributed by atoms with Crippen LogP contribution in [0.5, 0.6) is 0 Å². The van der Waals surface area contributed by atoms with Crippen LogP contribution in [0.3, 0.4) is 0 Å². The fourth-order valence-corrected chi connectivity index (χ4v) is 13.6. The molecule has 3 N–H and O–H groups in total. The van der Waals surface area contributed by atoms with Crippen LogP contribution in [-0.4, -0.2) is 96.7 Å². The van der Waals surface area contributed by atoms with Crippen LogP contribution in [0.2, 0.25) is 0 Å². The third-order valence-corrected chi connectivity index (χ3v) is 20.5. The highest BCUT2D eigenvalue weighted by molar-refractivity contribution is 7.47. The molecule has 0 radical (unpaired) electrons. The summed E-state index contributed by atoms with van der Waals surface area (Å²) in [6.45, 7) is 9.64. The Kier molecular flexibility index (Phi) is 68.4. The monoisotopic (exact) mass is 1420 g/mol. The second-order valence-corrected chi connectivity index (χ2v) is 31.7. The van der Waals surface area contributed by atoms with E-state index in [1.54, 1.807) is 0 Å². The van der Waals surface area contributed by atoms with E-state index in [1.165, 1.54) is 225 Å². The van der Waals surface area contributed by atoms with Gasteiger partial charge < -0.3 is 33.8 Å². The summed E-state index contributed by atoms with van der Waals surface area (Å²) in [7, 11) is -9.92. The van der Waals surface area contributed by atoms with E-state index in [9.17, 15) is 43.2 Å². The predicted octanol–water partition coefficient (Wildman–Crippen LogP) is 23.1. The number of aliphatic hydroxyl groups excluding tert-OH is 1. The number of hydrogen-bond donors (Lipinski definition) is 3. The number of rotatable bonds is 77. The van der Waals surface area contributed by atoms with Gasteiger partial charge in [0.1, 0.15) is 19.3 Å². The SMILES string of the molecule is CCCCCCCCCCCCCCCCCCCCC(=O)O[C@H](COC(=O)CCCCCCCCCCCCCC(C)C)COP(=O)(O)OC[C@@H](O)COP(=O)(O)OC[C@@H](COC(=O)CCCCCCCCCCCCC)OC(=O)CCCCCCCCCCCCC(C)CC. The zero-order chi connectivity index (χ0) is 71.4.